The molecule has 1 aliphatic carbocycles. The number of rotatable bonds is 5. The number of amides is 1. The molecule has 3 nitrogen and oxygen atoms in total. The van der Waals surface area contributed by atoms with E-state index in [9.17, 15) is 18.0 Å². The minimum atomic E-state index is -4.44. The summed E-state index contributed by atoms with van der Waals surface area (Å²) in [5.41, 5.74) is -1.58. The molecule has 2 fully saturated rings. The van der Waals surface area contributed by atoms with Crippen LogP contribution in [0.4, 0.5) is 13.2 Å². The van der Waals surface area contributed by atoms with Gasteiger partial charge in [0.25, 0.3) is 5.91 Å². The first-order chi connectivity index (χ1) is 12.3. The van der Waals surface area contributed by atoms with E-state index in [0.717, 1.165) is 51.8 Å². The predicted molar refractivity (Wildman–Crippen MR) is 95.1 cm³/mol. The number of hydrogen-bond donors (Lipinski definition) is 1. The standard InChI is InChI=1S/C20H25F3N2O/c1-3-19(2,20(21,22)23)15-6-4-14(5-7-15)18(26)25(16-8-9-16)17-10-12-24-13-11-17/h3-7,16-17,24H,1,8-13H2,2H3. The molecular formula is C20H25F3N2O. The Balaban J connectivity index is 1.83. The highest BCUT2D eigenvalue weighted by molar-refractivity contribution is 5.95. The van der Waals surface area contributed by atoms with Crippen LogP contribution in [0.15, 0.2) is 36.9 Å². The predicted octanol–water partition coefficient (Wildman–Crippen LogP) is 4.05. The average Bonchev–Trinajstić information content (AvgIpc) is 3.46. The lowest BCUT2D eigenvalue weighted by Gasteiger charge is -2.35. The minimum absolute atomic E-state index is 0.0711. The van der Waals surface area contributed by atoms with Gasteiger partial charge >= 0.3 is 6.18 Å². The van der Waals surface area contributed by atoms with Crippen LogP contribution >= 0.6 is 0 Å². The average molecular weight is 366 g/mol. The van der Waals surface area contributed by atoms with Crippen LogP contribution in [0.2, 0.25) is 0 Å². The summed E-state index contributed by atoms with van der Waals surface area (Å²) in [5, 5.41) is 3.30. The highest BCUT2D eigenvalue weighted by Gasteiger charge is 2.50. The lowest BCUT2D eigenvalue weighted by molar-refractivity contribution is -0.170. The van der Waals surface area contributed by atoms with Crippen molar-refractivity contribution < 1.29 is 18.0 Å². The second kappa shape index (κ2) is 7.06. The van der Waals surface area contributed by atoms with Gasteiger partial charge in [0, 0.05) is 17.6 Å². The quantitative estimate of drug-likeness (QED) is 0.798. The maximum Gasteiger partial charge on any atom is 0.401 e. The molecule has 0 spiro atoms. The Hall–Kier alpha value is -1.82. The van der Waals surface area contributed by atoms with Crippen LogP contribution in [0, 0.1) is 0 Å². The molecule has 1 amide bonds. The number of benzene rings is 1. The van der Waals surface area contributed by atoms with Crippen molar-refractivity contribution >= 4 is 5.91 Å². The minimum Gasteiger partial charge on any atom is -0.333 e. The van der Waals surface area contributed by atoms with Crippen LogP contribution in [0.5, 0.6) is 0 Å². The topological polar surface area (TPSA) is 32.3 Å². The molecule has 0 aromatic heterocycles. The molecule has 3 rings (SSSR count). The molecule has 1 saturated carbocycles. The van der Waals surface area contributed by atoms with Gasteiger partial charge in [-0.25, -0.2) is 0 Å². The maximum atomic E-state index is 13.4. The van der Waals surface area contributed by atoms with E-state index in [1.165, 1.54) is 24.3 Å². The molecule has 0 bridgehead atoms. The molecule has 1 heterocycles. The van der Waals surface area contributed by atoms with Gasteiger partial charge in [-0.15, -0.1) is 6.58 Å². The number of carbonyl (C=O) groups is 1. The Morgan fingerprint density at radius 2 is 1.65 bits per heavy atom. The number of carbonyl (C=O) groups excluding carboxylic acids is 1. The second-order valence-corrected chi connectivity index (χ2v) is 7.41. The van der Waals surface area contributed by atoms with Gasteiger partial charge < -0.3 is 10.2 Å². The SMILES string of the molecule is C=CC(C)(c1ccc(C(=O)N(C2CCNCC2)C2CC2)cc1)C(F)(F)F. The van der Waals surface area contributed by atoms with Gasteiger partial charge in [-0.1, -0.05) is 18.2 Å². The van der Waals surface area contributed by atoms with Gasteiger partial charge in [0.15, 0.2) is 0 Å². The number of alkyl halides is 3. The van der Waals surface area contributed by atoms with Gasteiger partial charge in [-0.05, 0) is 63.4 Å². The maximum absolute atomic E-state index is 13.4. The Labute approximate surface area is 152 Å². The highest BCUT2D eigenvalue weighted by Crippen LogP contribution is 2.42. The van der Waals surface area contributed by atoms with Crippen molar-refractivity contribution in [2.45, 2.75) is 56.3 Å². The van der Waals surface area contributed by atoms with Gasteiger partial charge in [0.1, 0.15) is 5.41 Å². The highest BCUT2D eigenvalue weighted by atomic mass is 19.4. The van der Waals surface area contributed by atoms with Crippen LogP contribution in [0.3, 0.4) is 0 Å². The molecule has 1 unspecified atom stereocenters. The van der Waals surface area contributed by atoms with Gasteiger partial charge in [-0.2, -0.15) is 13.2 Å². The third-order valence-corrected chi connectivity index (χ3v) is 5.61. The molecule has 1 aromatic rings. The summed E-state index contributed by atoms with van der Waals surface area (Å²) < 4.78 is 40.1. The number of piperidine rings is 1. The van der Waals surface area contributed by atoms with E-state index < -0.39 is 11.6 Å². The summed E-state index contributed by atoms with van der Waals surface area (Å²) in [4.78, 5) is 15.0. The fourth-order valence-electron chi connectivity index (χ4n) is 3.57. The smallest absolute Gasteiger partial charge is 0.333 e. The number of hydrogen-bond acceptors (Lipinski definition) is 2. The second-order valence-electron chi connectivity index (χ2n) is 7.41. The third-order valence-electron chi connectivity index (χ3n) is 5.61. The molecule has 1 aliphatic heterocycles. The van der Waals surface area contributed by atoms with Crippen molar-refractivity contribution in [1.82, 2.24) is 10.2 Å². The van der Waals surface area contributed by atoms with Crippen LogP contribution in [-0.2, 0) is 5.41 Å². The summed E-state index contributed by atoms with van der Waals surface area (Å²) in [6, 6.07) is 6.32. The first-order valence-electron chi connectivity index (χ1n) is 9.12. The Morgan fingerprint density at radius 3 is 2.12 bits per heavy atom. The summed E-state index contributed by atoms with van der Waals surface area (Å²) in [6.45, 7) is 6.24. The number of nitrogens with zero attached hydrogens (tertiary/aromatic N) is 1. The largest absolute Gasteiger partial charge is 0.401 e. The molecule has 1 atom stereocenters. The third kappa shape index (κ3) is 3.52. The lowest BCUT2D eigenvalue weighted by atomic mass is 9.81. The van der Waals surface area contributed by atoms with E-state index in [4.69, 9.17) is 0 Å². The van der Waals surface area contributed by atoms with Crippen molar-refractivity contribution in [3.05, 3.63) is 48.0 Å². The van der Waals surface area contributed by atoms with E-state index in [0.29, 0.717) is 5.56 Å². The van der Waals surface area contributed by atoms with Gasteiger partial charge in [0.05, 0.1) is 0 Å². The van der Waals surface area contributed by atoms with Crippen molar-refractivity contribution in [3.63, 3.8) is 0 Å². The molecule has 26 heavy (non-hydrogen) atoms. The summed E-state index contributed by atoms with van der Waals surface area (Å²) >= 11 is 0. The van der Waals surface area contributed by atoms with Crippen molar-refractivity contribution in [2.24, 2.45) is 0 Å². The Morgan fingerprint density at radius 1 is 1.12 bits per heavy atom. The van der Waals surface area contributed by atoms with Crippen LogP contribution in [-0.4, -0.2) is 42.2 Å². The van der Waals surface area contributed by atoms with E-state index in [2.05, 4.69) is 11.9 Å². The zero-order chi connectivity index (χ0) is 18.9. The lowest BCUT2D eigenvalue weighted by Crippen LogP contribution is -2.47. The number of nitrogens with one attached hydrogen (secondary N) is 1. The zero-order valence-corrected chi connectivity index (χ0v) is 15.0. The molecule has 2 aliphatic rings. The molecular weight excluding hydrogens is 341 g/mol. The fraction of sp³-hybridized carbons (Fsp3) is 0.550. The van der Waals surface area contributed by atoms with Crippen LogP contribution in [0.1, 0.15) is 48.5 Å². The summed E-state index contributed by atoms with van der Waals surface area (Å²) in [5.74, 6) is -0.0711. The van der Waals surface area contributed by atoms with E-state index >= 15 is 0 Å². The van der Waals surface area contributed by atoms with Crippen molar-refractivity contribution in [3.8, 4) is 0 Å². The van der Waals surface area contributed by atoms with Crippen LogP contribution < -0.4 is 5.32 Å². The number of halogens is 3. The molecule has 6 heteroatoms. The first kappa shape index (κ1) is 19.0. The first-order valence-corrected chi connectivity index (χ1v) is 9.12. The Kier molecular flexibility index (Phi) is 5.15. The number of allylic oxidation sites excluding steroid dienone is 1. The molecule has 1 N–H and O–H groups in total. The molecule has 1 saturated heterocycles. The van der Waals surface area contributed by atoms with E-state index in [-0.39, 0.29) is 23.6 Å². The molecule has 0 radical (unpaired) electrons. The Bertz CT molecular complexity index is 661. The van der Waals surface area contributed by atoms with Crippen molar-refractivity contribution in [1.29, 1.82) is 0 Å². The van der Waals surface area contributed by atoms with E-state index in [1.807, 2.05) is 4.90 Å². The van der Waals surface area contributed by atoms with Crippen LogP contribution in [0.25, 0.3) is 0 Å². The monoisotopic (exact) mass is 366 g/mol. The zero-order valence-electron chi connectivity index (χ0n) is 15.0. The van der Waals surface area contributed by atoms with Gasteiger partial charge in [-0.3, -0.25) is 4.79 Å². The molecule has 1 aromatic carbocycles. The van der Waals surface area contributed by atoms with Gasteiger partial charge in [0.2, 0.25) is 0 Å². The summed E-state index contributed by atoms with van der Waals surface area (Å²) in [6.07, 6.45) is 0.337. The fourth-order valence-corrected chi connectivity index (χ4v) is 3.57. The van der Waals surface area contributed by atoms with Crippen molar-refractivity contribution in [2.75, 3.05) is 13.1 Å². The molecule has 142 valence electrons. The normalized spacial score (nSPS) is 21.1. The summed E-state index contributed by atoms with van der Waals surface area (Å²) in [7, 11) is 0. The van der Waals surface area contributed by atoms with E-state index in [1.54, 1.807) is 0 Å².